The topological polar surface area (TPSA) is 73.1 Å². The van der Waals surface area contributed by atoms with Gasteiger partial charge < -0.3 is 9.84 Å². The molecule has 84 valence electrons. The van der Waals surface area contributed by atoms with Crippen LogP contribution >= 0.6 is 0 Å². The van der Waals surface area contributed by atoms with Crippen LogP contribution in [-0.4, -0.2) is 32.4 Å². The van der Waals surface area contributed by atoms with Crippen LogP contribution in [0.1, 0.15) is 5.82 Å². The zero-order valence-electron chi connectivity index (χ0n) is 8.46. The molecule has 0 aliphatic carbocycles. The minimum absolute atomic E-state index is 0.145. The Hall–Kier alpha value is -2.02. The Kier molecular flexibility index (Phi) is 2.78. The van der Waals surface area contributed by atoms with E-state index >= 15 is 0 Å². The van der Waals surface area contributed by atoms with E-state index in [1.807, 2.05) is 0 Å². The van der Waals surface area contributed by atoms with E-state index < -0.39 is 5.82 Å². The average molecular weight is 224 g/mol. The lowest BCUT2D eigenvalue weighted by Crippen LogP contribution is -2.00. The second-order valence-electron chi connectivity index (χ2n) is 2.97. The van der Waals surface area contributed by atoms with Gasteiger partial charge in [-0.05, 0) is 17.3 Å². The van der Waals surface area contributed by atoms with Crippen molar-refractivity contribution in [3.63, 3.8) is 0 Å². The first-order valence-corrected chi connectivity index (χ1v) is 4.48. The first kappa shape index (κ1) is 10.5. The van der Waals surface area contributed by atoms with Crippen LogP contribution in [0.2, 0.25) is 0 Å². The number of methoxy groups -OCH3 is 1. The number of hydrogen-bond acceptors (Lipinski definition) is 5. The number of tetrazole rings is 1. The molecule has 0 unspecified atom stereocenters. The third kappa shape index (κ3) is 1.84. The van der Waals surface area contributed by atoms with E-state index in [2.05, 4.69) is 15.4 Å². The van der Waals surface area contributed by atoms with Crippen LogP contribution in [0, 0.1) is 5.82 Å². The van der Waals surface area contributed by atoms with E-state index in [1.165, 1.54) is 19.2 Å². The lowest BCUT2D eigenvalue weighted by atomic mass is 10.3. The molecule has 2 aromatic rings. The van der Waals surface area contributed by atoms with Crippen LogP contribution in [0.3, 0.4) is 0 Å². The van der Waals surface area contributed by atoms with Crippen LogP contribution in [0.25, 0.3) is 5.69 Å². The van der Waals surface area contributed by atoms with Gasteiger partial charge in [0.05, 0.1) is 12.8 Å². The van der Waals surface area contributed by atoms with Crippen molar-refractivity contribution >= 4 is 0 Å². The molecule has 0 radical (unpaired) electrons. The molecule has 0 aliphatic heterocycles. The van der Waals surface area contributed by atoms with Gasteiger partial charge in [-0.15, -0.1) is 15.0 Å². The fourth-order valence-corrected chi connectivity index (χ4v) is 1.20. The predicted molar refractivity (Wildman–Crippen MR) is 51.6 cm³/mol. The highest BCUT2D eigenvalue weighted by Crippen LogP contribution is 2.18. The molecular weight excluding hydrogens is 215 g/mol. The number of benzene rings is 1. The SMILES string of the molecule is COc1ccc(-n2nnc(CO)n2)cc1F. The Bertz CT molecular complexity index is 500. The number of rotatable bonds is 3. The summed E-state index contributed by atoms with van der Waals surface area (Å²) in [6.45, 7) is -0.307. The smallest absolute Gasteiger partial charge is 0.200 e. The summed E-state index contributed by atoms with van der Waals surface area (Å²) in [5.41, 5.74) is 0.408. The van der Waals surface area contributed by atoms with Crippen LogP contribution in [-0.2, 0) is 6.61 Å². The fourth-order valence-electron chi connectivity index (χ4n) is 1.20. The molecule has 0 atom stereocenters. The Morgan fingerprint density at radius 2 is 2.31 bits per heavy atom. The van der Waals surface area contributed by atoms with Crippen molar-refractivity contribution in [2.24, 2.45) is 0 Å². The maximum Gasteiger partial charge on any atom is 0.200 e. The lowest BCUT2D eigenvalue weighted by Gasteiger charge is -2.03. The lowest BCUT2D eigenvalue weighted by molar-refractivity contribution is 0.271. The second kappa shape index (κ2) is 4.23. The van der Waals surface area contributed by atoms with Gasteiger partial charge in [-0.3, -0.25) is 0 Å². The summed E-state index contributed by atoms with van der Waals surface area (Å²) < 4.78 is 18.1. The summed E-state index contributed by atoms with van der Waals surface area (Å²) >= 11 is 0. The quantitative estimate of drug-likeness (QED) is 0.811. The standard InChI is InChI=1S/C9H9FN4O2/c1-16-8-3-2-6(4-7(8)10)14-12-9(5-15)11-13-14/h2-4,15H,5H2,1H3. The van der Waals surface area contributed by atoms with E-state index in [9.17, 15) is 4.39 Å². The third-order valence-electron chi connectivity index (χ3n) is 1.96. The van der Waals surface area contributed by atoms with Gasteiger partial charge in [-0.2, -0.15) is 0 Å². The van der Waals surface area contributed by atoms with Crippen molar-refractivity contribution in [3.8, 4) is 11.4 Å². The highest BCUT2D eigenvalue weighted by atomic mass is 19.1. The van der Waals surface area contributed by atoms with E-state index in [0.29, 0.717) is 5.69 Å². The van der Waals surface area contributed by atoms with Crippen molar-refractivity contribution in [2.45, 2.75) is 6.61 Å². The Morgan fingerprint density at radius 3 is 2.88 bits per heavy atom. The molecule has 0 bridgehead atoms. The summed E-state index contributed by atoms with van der Waals surface area (Å²) in [4.78, 5) is 1.13. The van der Waals surface area contributed by atoms with Crippen molar-refractivity contribution < 1.29 is 14.2 Å². The van der Waals surface area contributed by atoms with E-state index in [0.717, 1.165) is 4.80 Å². The van der Waals surface area contributed by atoms with E-state index in [1.54, 1.807) is 6.07 Å². The molecule has 1 aromatic carbocycles. The number of aliphatic hydroxyl groups is 1. The van der Waals surface area contributed by atoms with Crippen LogP contribution in [0.4, 0.5) is 4.39 Å². The van der Waals surface area contributed by atoms with Gasteiger partial charge in [-0.25, -0.2) is 4.39 Å². The van der Waals surface area contributed by atoms with E-state index in [4.69, 9.17) is 9.84 Å². The highest BCUT2D eigenvalue weighted by molar-refractivity contribution is 5.37. The Labute approximate surface area is 90.3 Å². The number of halogens is 1. The molecule has 1 aromatic heterocycles. The number of hydrogen-bond donors (Lipinski definition) is 1. The minimum atomic E-state index is -0.511. The van der Waals surface area contributed by atoms with Crippen molar-refractivity contribution in [2.75, 3.05) is 7.11 Å². The van der Waals surface area contributed by atoms with Gasteiger partial charge in [0.2, 0.25) is 5.82 Å². The summed E-state index contributed by atoms with van der Waals surface area (Å²) in [5, 5.41) is 19.8. The summed E-state index contributed by atoms with van der Waals surface area (Å²) in [6.07, 6.45) is 0. The third-order valence-corrected chi connectivity index (χ3v) is 1.96. The molecule has 0 amide bonds. The molecule has 0 saturated carbocycles. The molecule has 16 heavy (non-hydrogen) atoms. The number of nitrogens with zero attached hydrogens (tertiary/aromatic N) is 4. The number of ether oxygens (including phenoxy) is 1. The maximum absolute atomic E-state index is 13.4. The van der Waals surface area contributed by atoms with Crippen molar-refractivity contribution in [1.29, 1.82) is 0 Å². The normalized spacial score (nSPS) is 10.4. The van der Waals surface area contributed by atoms with Gasteiger partial charge in [-0.1, -0.05) is 0 Å². The Morgan fingerprint density at radius 1 is 1.50 bits per heavy atom. The monoisotopic (exact) mass is 224 g/mol. The van der Waals surface area contributed by atoms with Gasteiger partial charge >= 0.3 is 0 Å². The number of aliphatic hydroxyl groups excluding tert-OH is 1. The van der Waals surface area contributed by atoms with Gasteiger partial charge in [0.15, 0.2) is 11.6 Å². The Balaban J connectivity index is 2.37. The molecular formula is C9H9FN4O2. The number of aromatic nitrogens is 4. The zero-order chi connectivity index (χ0) is 11.5. The van der Waals surface area contributed by atoms with Crippen molar-refractivity contribution in [3.05, 3.63) is 29.8 Å². The molecule has 1 N–H and O–H groups in total. The zero-order valence-corrected chi connectivity index (χ0v) is 8.46. The molecule has 6 nitrogen and oxygen atoms in total. The molecule has 0 aliphatic rings. The molecule has 1 heterocycles. The second-order valence-corrected chi connectivity index (χ2v) is 2.97. The molecule has 0 spiro atoms. The summed E-state index contributed by atoms with van der Waals surface area (Å²) in [6, 6.07) is 4.28. The molecule has 7 heteroatoms. The van der Waals surface area contributed by atoms with Crippen LogP contribution in [0.15, 0.2) is 18.2 Å². The largest absolute Gasteiger partial charge is 0.494 e. The fraction of sp³-hybridized carbons (Fsp3) is 0.222. The molecule has 0 fully saturated rings. The van der Waals surface area contributed by atoms with E-state index in [-0.39, 0.29) is 18.2 Å². The first-order valence-electron chi connectivity index (χ1n) is 4.48. The summed E-state index contributed by atoms with van der Waals surface area (Å²) in [7, 11) is 1.38. The van der Waals surface area contributed by atoms with Crippen LogP contribution in [0.5, 0.6) is 5.75 Å². The van der Waals surface area contributed by atoms with Gasteiger partial charge in [0, 0.05) is 6.07 Å². The van der Waals surface area contributed by atoms with Crippen LogP contribution < -0.4 is 4.74 Å². The van der Waals surface area contributed by atoms with Gasteiger partial charge in [0.25, 0.3) is 0 Å². The molecule has 2 rings (SSSR count). The molecule has 0 saturated heterocycles. The van der Waals surface area contributed by atoms with Gasteiger partial charge in [0.1, 0.15) is 6.61 Å². The summed E-state index contributed by atoms with van der Waals surface area (Å²) in [5.74, 6) is -0.190. The van der Waals surface area contributed by atoms with Crippen molar-refractivity contribution in [1.82, 2.24) is 20.2 Å². The minimum Gasteiger partial charge on any atom is -0.494 e. The average Bonchev–Trinajstić information content (AvgIpc) is 2.77. The predicted octanol–water partition coefficient (Wildman–Crippen LogP) is 0.302. The first-order chi connectivity index (χ1) is 7.74. The maximum atomic E-state index is 13.4. The highest BCUT2D eigenvalue weighted by Gasteiger charge is 2.07.